The van der Waals surface area contributed by atoms with E-state index in [-0.39, 0.29) is 28.8 Å². The molecule has 1 aliphatic rings. The molecule has 0 saturated carbocycles. The van der Waals surface area contributed by atoms with Gasteiger partial charge >= 0.3 is 0 Å². The number of oxazole rings is 1. The van der Waals surface area contributed by atoms with Crippen LogP contribution in [0.4, 0.5) is 0 Å². The van der Waals surface area contributed by atoms with Gasteiger partial charge in [-0.2, -0.15) is 4.98 Å². The van der Waals surface area contributed by atoms with Gasteiger partial charge in [0.15, 0.2) is 11.2 Å². The average molecular weight is 362 g/mol. The van der Waals surface area contributed by atoms with Crippen LogP contribution in [0.25, 0.3) is 11.2 Å². The number of nitrogens with zero attached hydrogens (tertiary/aromatic N) is 2. The lowest BCUT2D eigenvalue weighted by Crippen LogP contribution is -2.62. The number of carbonyl (C=O) groups excluding carboxylic acids is 1. The third-order valence-electron chi connectivity index (χ3n) is 4.26. The molecule has 136 valence electrons. The topological polar surface area (TPSA) is 80.0 Å². The highest BCUT2D eigenvalue weighted by molar-refractivity contribution is 7.99. The van der Waals surface area contributed by atoms with Crippen LogP contribution in [0.2, 0.25) is 0 Å². The van der Waals surface area contributed by atoms with Gasteiger partial charge in [0.2, 0.25) is 5.91 Å². The summed E-state index contributed by atoms with van der Waals surface area (Å²) in [5.74, 6) is 0.297. The maximum absolute atomic E-state index is 12.3. The van der Waals surface area contributed by atoms with E-state index in [9.17, 15) is 4.79 Å². The molecule has 0 radical (unpaired) electrons. The van der Waals surface area contributed by atoms with Crippen molar-refractivity contribution >= 4 is 28.9 Å². The number of nitrogens with one attached hydrogen (secondary N) is 2. The second-order valence-electron chi connectivity index (χ2n) is 8.11. The number of thioether (sulfide) groups is 1. The zero-order valence-corrected chi connectivity index (χ0v) is 16.3. The number of hydrogen-bond donors (Lipinski definition) is 2. The molecule has 0 aliphatic carbocycles. The summed E-state index contributed by atoms with van der Waals surface area (Å²) in [5.41, 5.74) is 2.15. The molecule has 6 nitrogen and oxygen atoms in total. The van der Waals surface area contributed by atoms with Crippen molar-refractivity contribution in [1.29, 1.82) is 0 Å². The first-order valence-electron chi connectivity index (χ1n) is 8.58. The van der Waals surface area contributed by atoms with Crippen LogP contribution in [0, 0.1) is 6.92 Å². The standard InChI is InChI=1S/C18H26N4O2S/c1-11-6-7-13-15(19-11)21-16(24-13)25-10-14(23)20-12-8-17(2,3)22-18(4,5)9-12/h6-7,12,22H,8-10H2,1-5H3,(H,20,23). The molecule has 2 aromatic heterocycles. The molecule has 7 heteroatoms. The van der Waals surface area contributed by atoms with Gasteiger partial charge in [0.1, 0.15) is 0 Å². The minimum Gasteiger partial charge on any atom is -0.430 e. The molecule has 2 aromatic rings. The zero-order chi connectivity index (χ0) is 18.2. The maximum atomic E-state index is 12.3. The van der Waals surface area contributed by atoms with Crippen LogP contribution < -0.4 is 10.6 Å². The number of pyridine rings is 1. The second kappa shape index (κ2) is 6.61. The van der Waals surface area contributed by atoms with E-state index in [1.54, 1.807) is 0 Å². The SMILES string of the molecule is Cc1ccc2oc(SCC(=O)NC3CC(C)(C)NC(C)(C)C3)nc2n1. The van der Waals surface area contributed by atoms with Gasteiger partial charge in [0.05, 0.1) is 5.75 Å². The van der Waals surface area contributed by atoms with E-state index < -0.39 is 0 Å². The Balaban J connectivity index is 1.57. The Bertz CT molecular complexity index is 768. The smallest absolute Gasteiger partial charge is 0.258 e. The van der Waals surface area contributed by atoms with Crippen LogP contribution in [0.5, 0.6) is 0 Å². The van der Waals surface area contributed by atoms with Crippen molar-refractivity contribution < 1.29 is 9.21 Å². The fraction of sp³-hybridized carbons (Fsp3) is 0.611. The Kier molecular flexibility index (Phi) is 4.81. The van der Waals surface area contributed by atoms with Gasteiger partial charge in [-0.05, 0) is 59.6 Å². The molecule has 1 saturated heterocycles. The van der Waals surface area contributed by atoms with Crippen LogP contribution in [-0.2, 0) is 4.79 Å². The number of carbonyl (C=O) groups is 1. The molecule has 0 bridgehead atoms. The van der Waals surface area contributed by atoms with E-state index in [1.807, 2.05) is 19.1 Å². The second-order valence-corrected chi connectivity index (χ2v) is 9.03. The molecule has 0 aromatic carbocycles. The normalized spacial score (nSPS) is 19.9. The Morgan fingerprint density at radius 1 is 1.28 bits per heavy atom. The van der Waals surface area contributed by atoms with Crippen molar-refractivity contribution in [3.63, 3.8) is 0 Å². The van der Waals surface area contributed by atoms with Crippen LogP contribution in [0.1, 0.15) is 46.2 Å². The van der Waals surface area contributed by atoms with E-state index in [0.717, 1.165) is 18.5 Å². The van der Waals surface area contributed by atoms with Crippen molar-refractivity contribution in [3.05, 3.63) is 17.8 Å². The van der Waals surface area contributed by atoms with Crippen LogP contribution in [-0.4, -0.2) is 38.7 Å². The quantitative estimate of drug-likeness (QED) is 0.814. The fourth-order valence-corrected chi connectivity index (χ4v) is 4.41. The Morgan fingerprint density at radius 2 is 1.96 bits per heavy atom. The van der Waals surface area contributed by atoms with Gasteiger partial charge in [-0.25, -0.2) is 4.98 Å². The summed E-state index contributed by atoms with van der Waals surface area (Å²) >= 11 is 1.30. The molecule has 0 atom stereocenters. The Hall–Kier alpha value is -1.60. The monoisotopic (exact) mass is 362 g/mol. The van der Waals surface area contributed by atoms with Gasteiger partial charge in [-0.1, -0.05) is 11.8 Å². The third-order valence-corrected chi connectivity index (χ3v) is 5.08. The number of amides is 1. The predicted molar refractivity (Wildman–Crippen MR) is 99.7 cm³/mol. The van der Waals surface area contributed by atoms with Crippen LogP contribution >= 0.6 is 11.8 Å². The van der Waals surface area contributed by atoms with Gasteiger partial charge < -0.3 is 15.1 Å². The lowest BCUT2D eigenvalue weighted by atomic mass is 9.79. The summed E-state index contributed by atoms with van der Waals surface area (Å²) in [4.78, 5) is 21.0. The molecule has 2 N–H and O–H groups in total. The molecule has 3 rings (SSSR count). The van der Waals surface area contributed by atoms with E-state index in [1.165, 1.54) is 11.8 Å². The first-order chi connectivity index (χ1) is 11.6. The van der Waals surface area contributed by atoms with Crippen LogP contribution in [0.3, 0.4) is 0 Å². The number of piperidine rings is 1. The summed E-state index contributed by atoms with van der Waals surface area (Å²) in [6, 6.07) is 3.91. The van der Waals surface area contributed by atoms with Crippen LogP contribution in [0.15, 0.2) is 21.8 Å². The molecular formula is C18H26N4O2S. The largest absolute Gasteiger partial charge is 0.430 e. The van der Waals surface area contributed by atoms with Crippen molar-refractivity contribution in [3.8, 4) is 0 Å². The fourth-order valence-electron chi connectivity index (χ4n) is 3.78. The Morgan fingerprint density at radius 3 is 2.64 bits per heavy atom. The van der Waals surface area contributed by atoms with Crippen molar-refractivity contribution in [2.45, 2.75) is 69.8 Å². The van der Waals surface area contributed by atoms with Crippen molar-refractivity contribution in [2.75, 3.05) is 5.75 Å². The van der Waals surface area contributed by atoms with Gasteiger partial charge in [0, 0.05) is 22.8 Å². The first-order valence-corrected chi connectivity index (χ1v) is 9.56. The number of aryl methyl sites for hydroxylation is 1. The van der Waals surface area contributed by atoms with E-state index in [4.69, 9.17) is 4.42 Å². The Labute approximate surface area is 152 Å². The summed E-state index contributed by atoms with van der Waals surface area (Å²) in [5, 5.41) is 7.26. The number of rotatable bonds is 4. The molecule has 0 unspecified atom stereocenters. The lowest BCUT2D eigenvalue weighted by Gasteiger charge is -2.46. The summed E-state index contributed by atoms with van der Waals surface area (Å²) in [7, 11) is 0. The summed E-state index contributed by atoms with van der Waals surface area (Å²) < 4.78 is 5.63. The molecular weight excluding hydrogens is 336 g/mol. The highest BCUT2D eigenvalue weighted by Gasteiger charge is 2.38. The predicted octanol–water partition coefficient (Wildman–Crippen LogP) is 3.05. The van der Waals surface area contributed by atoms with E-state index >= 15 is 0 Å². The maximum Gasteiger partial charge on any atom is 0.258 e. The van der Waals surface area contributed by atoms with Crippen molar-refractivity contribution in [2.24, 2.45) is 0 Å². The minimum atomic E-state index is 0.00916. The van der Waals surface area contributed by atoms with Gasteiger partial charge in [0.25, 0.3) is 5.22 Å². The highest BCUT2D eigenvalue weighted by atomic mass is 32.2. The first kappa shape index (κ1) is 18.2. The highest BCUT2D eigenvalue weighted by Crippen LogP contribution is 2.29. The van der Waals surface area contributed by atoms with Crippen molar-refractivity contribution in [1.82, 2.24) is 20.6 Å². The molecule has 3 heterocycles. The number of hydrogen-bond acceptors (Lipinski definition) is 6. The molecule has 0 spiro atoms. The summed E-state index contributed by atoms with van der Waals surface area (Å²) in [6.07, 6.45) is 1.83. The van der Waals surface area contributed by atoms with E-state index in [2.05, 4.69) is 48.3 Å². The molecule has 1 amide bonds. The van der Waals surface area contributed by atoms with E-state index in [0.29, 0.717) is 16.5 Å². The zero-order valence-electron chi connectivity index (χ0n) is 15.5. The van der Waals surface area contributed by atoms with Gasteiger partial charge in [-0.15, -0.1) is 0 Å². The molecule has 25 heavy (non-hydrogen) atoms. The number of aromatic nitrogens is 2. The summed E-state index contributed by atoms with van der Waals surface area (Å²) in [6.45, 7) is 10.6. The van der Waals surface area contributed by atoms with Gasteiger partial charge in [-0.3, -0.25) is 4.79 Å². The number of fused-ring (bicyclic) bond motifs is 1. The third kappa shape index (κ3) is 4.73. The molecule has 1 fully saturated rings. The minimum absolute atomic E-state index is 0.00916. The lowest BCUT2D eigenvalue weighted by molar-refractivity contribution is -0.119. The average Bonchev–Trinajstić information content (AvgIpc) is 2.83. The molecule has 1 aliphatic heterocycles.